The van der Waals surface area contributed by atoms with Gasteiger partial charge in [-0.15, -0.1) is 0 Å². The van der Waals surface area contributed by atoms with Gasteiger partial charge >= 0.3 is 0 Å². The Morgan fingerprint density at radius 2 is 2.12 bits per heavy atom. The third kappa shape index (κ3) is 3.71. The highest BCUT2D eigenvalue weighted by Crippen LogP contribution is 2.26. The quantitative estimate of drug-likeness (QED) is 0.924. The van der Waals surface area contributed by atoms with Gasteiger partial charge in [-0.25, -0.2) is 8.78 Å². The lowest BCUT2D eigenvalue weighted by Gasteiger charge is -2.20. The van der Waals surface area contributed by atoms with E-state index in [0.29, 0.717) is 6.04 Å². The van der Waals surface area contributed by atoms with Crippen molar-refractivity contribution in [1.29, 1.82) is 0 Å². The zero-order valence-electron chi connectivity index (χ0n) is 14.6. The molecule has 0 aliphatic carbocycles. The summed E-state index contributed by atoms with van der Waals surface area (Å²) in [5.41, 5.74) is 0.620. The molecule has 1 aromatic heterocycles. The Hall–Kier alpha value is -2.28. The first-order valence-electron chi connectivity index (χ1n) is 8.39. The summed E-state index contributed by atoms with van der Waals surface area (Å²) in [4.78, 5) is 15.0. The van der Waals surface area contributed by atoms with E-state index in [-0.39, 0.29) is 28.8 Å². The van der Waals surface area contributed by atoms with Gasteiger partial charge in [0.1, 0.15) is 17.3 Å². The van der Waals surface area contributed by atoms with Crippen molar-refractivity contribution in [3.05, 3.63) is 41.6 Å². The fourth-order valence-electron chi connectivity index (χ4n) is 3.17. The molecule has 0 unspecified atom stereocenters. The van der Waals surface area contributed by atoms with E-state index in [1.165, 1.54) is 10.7 Å². The molecule has 5 nitrogen and oxygen atoms in total. The van der Waals surface area contributed by atoms with Gasteiger partial charge in [0.15, 0.2) is 0 Å². The maximum absolute atomic E-state index is 14.1. The Bertz CT molecular complexity index is 787. The molecule has 0 spiro atoms. The number of likely N-dealkylation sites (tertiary alicyclic amines) is 1. The number of aryl methyl sites for hydroxylation is 1. The number of rotatable bonds is 4. The Morgan fingerprint density at radius 1 is 1.36 bits per heavy atom. The molecule has 1 aromatic carbocycles. The normalized spacial score (nSPS) is 18.1. The van der Waals surface area contributed by atoms with Crippen molar-refractivity contribution >= 4 is 5.91 Å². The van der Waals surface area contributed by atoms with Crippen LogP contribution in [0.1, 0.15) is 30.6 Å². The molecule has 2 aromatic rings. The lowest BCUT2D eigenvalue weighted by molar-refractivity contribution is 0.0937. The number of amides is 1. The second-order valence-corrected chi connectivity index (χ2v) is 6.74. The van der Waals surface area contributed by atoms with Gasteiger partial charge in [0.2, 0.25) is 0 Å². The van der Waals surface area contributed by atoms with Crippen LogP contribution in [-0.2, 0) is 7.05 Å². The molecular weight excluding hydrogens is 326 g/mol. The van der Waals surface area contributed by atoms with E-state index < -0.39 is 11.6 Å². The lowest BCUT2D eigenvalue weighted by atomic mass is 10.1. The van der Waals surface area contributed by atoms with Crippen LogP contribution in [-0.4, -0.2) is 45.8 Å². The summed E-state index contributed by atoms with van der Waals surface area (Å²) in [7, 11) is 1.66. The van der Waals surface area contributed by atoms with Crippen LogP contribution < -0.4 is 5.32 Å². The first-order chi connectivity index (χ1) is 11.8. The Labute approximate surface area is 145 Å². The van der Waals surface area contributed by atoms with Crippen LogP contribution in [0.15, 0.2) is 24.4 Å². The van der Waals surface area contributed by atoms with Gasteiger partial charge in [-0.05, 0) is 32.4 Å². The molecule has 1 saturated heterocycles. The standard InChI is InChI=1S/C18H22F2N4O/c1-11(2)24-7-6-13(9-24)21-18(25)15-10-23(3)22-17(15)14-5-4-12(19)8-16(14)20/h4-5,8,10-11,13H,6-7,9H2,1-3H3,(H,21,25)/t13-/m1/s1. The number of nitrogens with zero attached hydrogens (tertiary/aromatic N) is 3. The van der Waals surface area contributed by atoms with Crippen LogP contribution in [0.2, 0.25) is 0 Å². The monoisotopic (exact) mass is 348 g/mol. The van der Waals surface area contributed by atoms with Crippen LogP contribution in [0.4, 0.5) is 8.78 Å². The highest BCUT2D eigenvalue weighted by Gasteiger charge is 2.27. The second-order valence-electron chi connectivity index (χ2n) is 6.74. The molecule has 7 heteroatoms. The number of halogens is 2. The van der Waals surface area contributed by atoms with Crippen molar-refractivity contribution in [2.45, 2.75) is 32.4 Å². The molecule has 1 N–H and O–H groups in total. The maximum atomic E-state index is 14.1. The Balaban J connectivity index is 1.82. The van der Waals surface area contributed by atoms with Crippen molar-refractivity contribution in [2.75, 3.05) is 13.1 Å². The minimum atomic E-state index is -0.736. The highest BCUT2D eigenvalue weighted by atomic mass is 19.1. The third-order valence-corrected chi connectivity index (χ3v) is 4.54. The zero-order valence-corrected chi connectivity index (χ0v) is 14.6. The molecule has 0 radical (unpaired) electrons. The summed E-state index contributed by atoms with van der Waals surface area (Å²) in [6.07, 6.45) is 2.44. The predicted octanol–water partition coefficient (Wildman–Crippen LogP) is 2.58. The van der Waals surface area contributed by atoms with Gasteiger partial charge in [0, 0.05) is 50.0 Å². The molecule has 1 fully saturated rings. The smallest absolute Gasteiger partial charge is 0.255 e. The first-order valence-corrected chi connectivity index (χ1v) is 8.39. The molecule has 1 aliphatic rings. The van der Waals surface area contributed by atoms with Gasteiger partial charge in [0.25, 0.3) is 5.91 Å². The number of benzene rings is 1. The van der Waals surface area contributed by atoms with E-state index in [4.69, 9.17) is 0 Å². The van der Waals surface area contributed by atoms with Crippen molar-refractivity contribution in [3.8, 4) is 11.3 Å². The van der Waals surface area contributed by atoms with E-state index in [1.54, 1.807) is 13.2 Å². The maximum Gasteiger partial charge on any atom is 0.255 e. The average molecular weight is 348 g/mol. The SMILES string of the molecule is CC(C)N1CC[C@@H](NC(=O)c2cn(C)nc2-c2ccc(F)cc2F)C1. The topological polar surface area (TPSA) is 50.2 Å². The zero-order chi connectivity index (χ0) is 18.1. The van der Waals surface area contributed by atoms with Crippen molar-refractivity contribution in [2.24, 2.45) is 7.05 Å². The van der Waals surface area contributed by atoms with E-state index in [1.807, 2.05) is 0 Å². The molecule has 0 bridgehead atoms. The molecule has 25 heavy (non-hydrogen) atoms. The predicted molar refractivity (Wildman–Crippen MR) is 91.1 cm³/mol. The summed E-state index contributed by atoms with van der Waals surface area (Å²) >= 11 is 0. The van der Waals surface area contributed by atoms with Gasteiger partial charge in [-0.1, -0.05) is 0 Å². The molecule has 1 atom stereocenters. The largest absolute Gasteiger partial charge is 0.348 e. The van der Waals surface area contributed by atoms with Gasteiger partial charge < -0.3 is 5.32 Å². The number of hydrogen-bond acceptors (Lipinski definition) is 3. The van der Waals surface area contributed by atoms with Gasteiger partial charge in [-0.2, -0.15) is 5.10 Å². The van der Waals surface area contributed by atoms with Gasteiger partial charge in [-0.3, -0.25) is 14.4 Å². The fraction of sp³-hybridized carbons (Fsp3) is 0.444. The number of carbonyl (C=O) groups excluding carboxylic acids is 1. The van der Waals surface area contributed by atoms with Crippen molar-refractivity contribution < 1.29 is 13.6 Å². The molecule has 2 heterocycles. The van der Waals surface area contributed by atoms with E-state index >= 15 is 0 Å². The van der Waals surface area contributed by atoms with Crippen molar-refractivity contribution in [3.63, 3.8) is 0 Å². The van der Waals surface area contributed by atoms with E-state index in [0.717, 1.165) is 31.6 Å². The van der Waals surface area contributed by atoms with E-state index in [2.05, 4.69) is 29.2 Å². The summed E-state index contributed by atoms with van der Waals surface area (Å²) < 4.78 is 28.7. The summed E-state index contributed by atoms with van der Waals surface area (Å²) in [5, 5.41) is 7.20. The Kier molecular flexibility index (Phi) is 4.85. The minimum absolute atomic E-state index is 0.0565. The van der Waals surface area contributed by atoms with Crippen molar-refractivity contribution in [1.82, 2.24) is 20.0 Å². The van der Waals surface area contributed by atoms with Gasteiger partial charge in [0.05, 0.1) is 5.56 Å². The summed E-state index contributed by atoms with van der Waals surface area (Å²) in [5.74, 6) is -1.69. The average Bonchev–Trinajstić information content (AvgIpc) is 3.14. The van der Waals surface area contributed by atoms with E-state index in [9.17, 15) is 13.6 Å². The molecular formula is C18H22F2N4O. The molecule has 1 amide bonds. The Morgan fingerprint density at radius 3 is 2.76 bits per heavy atom. The van der Waals surface area contributed by atoms with Crippen LogP contribution in [0.25, 0.3) is 11.3 Å². The number of hydrogen-bond donors (Lipinski definition) is 1. The molecule has 0 saturated carbocycles. The summed E-state index contributed by atoms with van der Waals surface area (Å²) in [6.45, 7) is 5.99. The fourth-order valence-corrected chi connectivity index (χ4v) is 3.17. The minimum Gasteiger partial charge on any atom is -0.348 e. The first kappa shape index (κ1) is 17.5. The number of nitrogens with one attached hydrogen (secondary N) is 1. The number of carbonyl (C=O) groups is 1. The highest BCUT2D eigenvalue weighted by molar-refractivity contribution is 6.00. The molecule has 1 aliphatic heterocycles. The van der Waals surface area contributed by atoms with Crippen LogP contribution in [0, 0.1) is 11.6 Å². The molecule has 134 valence electrons. The van der Waals surface area contributed by atoms with Crippen LogP contribution >= 0.6 is 0 Å². The third-order valence-electron chi connectivity index (χ3n) is 4.54. The van der Waals surface area contributed by atoms with Crippen LogP contribution in [0.3, 0.4) is 0 Å². The second kappa shape index (κ2) is 6.92. The lowest BCUT2D eigenvalue weighted by Crippen LogP contribution is -2.38. The molecule has 3 rings (SSSR count). The van der Waals surface area contributed by atoms with Crippen LogP contribution in [0.5, 0.6) is 0 Å². The number of aromatic nitrogens is 2. The summed E-state index contributed by atoms with van der Waals surface area (Å²) in [6, 6.07) is 3.75.